The lowest BCUT2D eigenvalue weighted by Crippen LogP contribution is -2.51. The van der Waals surface area contributed by atoms with Crippen molar-refractivity contribution < 1.29 is 18.9 Å². The van der Waals surface area contributed by atoms with Gasteiger partial charge < -0.3 is 9.42 Å². The quantitative estimate of drug-likeness (QED) is 0.667. The molecule has 3 amide bonds. The minimum Gasteiger partial charge on any atom is -0.340 e. The molecule has 3 heterocycles. The van der Waals surface area contributed by atoms with Crippen LogP contribution in [0.5, 0.6) is 0 Å². The molecule has 2 aliphatic rings. The minimum absolute atomic E-state index is 0.137. The number of aromatic nitrogens is 2. The highest BCUT2D eigenvalue weighted by atomic mass is 16.5. The SMILES string of the molecule is Cc1nc(CN2CCN(C(=O)CN3C(=O)CCC3=O)CC2)no1. The van der Waals surface area contributed by atoms with Crippen LogP contribution in [-0.4, -0.2) is 75.3 Å². The first-order valence-corrected chi connectivity index (χ1v) is 7.65. The third-order valence-electron chi connectivity index (χ3n) is 4.11. The summed E-state index contributed by atoms with van der Waals surface area (Å²) in [6, 6.07) is 0. The van der Waals surface area contributed by atoms with Gasteiger partial charge in [-0.15, -0.1) is 0 Å². The molecule has 0 bridgehead atoms. The van der Waals surface area contributed by atoms with Gasteiger partial charge >= 0.3 is 0 Å². The zero-order valence-corrected chi connectivity index (χ0v) is 13.0. The summed E-state index contributed by atoms with van der Waals surface area (Å²) in [6.45, 7) is 4.71. The average Bonchev–Trinajstić information content (AvgIpc) is 3.08. The van der Waals surface area contributed by atoms with Gasteiger partial charge in [-0.05, 0) is 0 Å². The molecule has 3 rings (SSSR count). The number of hydrogen-bond donors (Lipinski definition) is 0. The van der Waals surface area contributed by atoms with Crippen LogP contribution in [0.4, 0.5) is 0 Å². The highest BCUT2D eigenvalue weighted by molar-refractivity contribution is 6.04. The van der Waals surface area contributed by atoms with Crippen molar-refractivity contribution in [1.29, 1.82) is 0 Å². The number of hydrogen-bond acceptors (Lipinski definition) is 7. The van der Waals surface area contributed by atoms with Crippen molar-refractivity contribution >= 4 is 17.7 Å². The Balaban J connectivity index is 1.47. The number of carbonyl (C=O) groups excluding carboxylic acids is 3. The van der Waals surface area contributed by atoms with E-state index in [0.717, 1.165) is 4.90 Å². The van der Waals surface area contributed by atoms with Crippen LogP contribution in [0, 0.1) is 6.92 Å². The molecular weight excluding hydrogens is 302 g/mol. The number of piperazine rings is 1. The zero-order chi connectivity index (χ0) is 16.4. The molecule has 2 aliphatic heterocycles. The van der Waals surface area contributed by atoms with Gasteiger partial charge in [0.25, 0.3) is 0 Å². The number of imide groups is 1. The standard InChI is InChI=1S/C14H19N5O4/c1-10-15-11(16-23-10)8-17-4-6-18(7-5-17)14(22)9-19-12(20)2-3-13(19)21/h2-9H2,1H3. The molecule has 23 heavy (non-hydrogen) atoms. The Morgan fingerprint density at radius 2 is 1.78 bits per heavy atom. The van der Waals surface area contributed by atoms with Crippen LogP contribution in [0.25, 0.3) is 0 Å². The summed E-state index contributed by atoms with van der Waals surface area (Å²) in [5, 5.41) is 3.86. The highest BCUT2D eigenvalue weighted by Crippen LogP contribution is 2.13. The fourth-order valence-electron chi connectivity index (χ4n) is 2.80. The largest absolute Gasteiger partial charge is 0.340 e. The maximum absolute atomic E-state index is 12.2. The van der Waals surface area contributed by atoms with Crippen molar-refractivity contribution in [1.82, 2.24) is 24.8 Å². The summed E-state index contributed by atoms with van der Waals surface area (Å²) >= 11 is 0. The topological polar surface area (TPSA) is 99.9 Å². The van der Waals surface area contributed by atoms with Gasteiger partial charge in [0, 0.05) is 45.9 Å². The number of carbonyl (C=O) groups is 3. The van der Waals surface area contributed by atoms with Crippen molar-refractivity contribution in [3.8, 4) is 0 Å². The Morgan fingerprint density at radius 1 is 1.13 bits per heavy atom. The van der Waals surface area contributed by atoms with Crippen LogP contribution in [0.3, 0.4) is 0 Å². The molecule has 124 valence electrons. The van der Waals surface area contributed by atoms with Gasteiger partial charge in [0.2, 0.25) is 23.6 Å². The van der Waals surface area contributed by atoms with Crippen molar-refractivity contribution in [2.75, 3.05) is 32.7 Å². The summed E-state index contributed by atoms with van der Waals surface area (Å²) in [4.78, 5) is 44.4. The fourth-order valence-corrected chi connectivity index (χ4v) is 2.80. The summed E-state index contributed by atoms with van der Waals surface area (Å²) < 4.78 is 4.94. The molecule has 0 spiro atoms. The van der Waals surface area contributed by atoms with Gasteiger partial charge in [-0.1, -0.05) is 5.16 Å². The molecule has 1 aromatic heterocycles. The van der Waals surface area contributed by atoms with E-state index in [1.165, 1.54) is 0 Å². The Hall–Kier alpha value is -2.29. The molecule has 2 fully saturated rings. The van der Waals surface area contributed by atoms with Crippen LogP contribution in [0.1, 0.15) is 24.6 Å². The Kier molecular flexibility index (Phi) is 4.37. The number of amides is 3. The number of nitrogens with zero attached hydrogens (tertiary/aromatic N) is 5. The Labute approximate surface area is 133 Å². The van der Waals surface area contributed by atoms with E-state index in [1.54, 1.807) is 11.8 Å². The second-order valence-electron chi connectivity index (χ2n) is 5.76. The number of aryl methyl sites for hydroxylation is 1. The Morgan fingerprint density at radius 3 is 2.35 bits per heavy atom. The Bertz CT molecular complexity index is 604. The van der Waals surface area contributed by atoms with Crippen molar-refractivity contribution in [2.24, 2.45) is 0 Å². The van der Waals surface area contributed by atoms with E-state index < -0.39 is 0 Å². The monoisotopic (exact) mass is 321 g/mol. The first kappa shape index (κ1) is 15.6. The molecule has 2 saturated heterocycles. The smallest absolute Gasteiger partial charge is 0.242 e. The van der Waals surface area contributed by atoms with E-state index in [-0.39, 0.29) is 37.1 Å². The van der Waals surface area contributed by atoms with Crippen LogP contribution in [0.2, 0.25) is 0 Å². The molecule has 0 N–H and O–H groups in total. The lowest BCUT2D eigenvalue weighted by atomic mass is 10.3. The zero-order valence-electron chi connectivity index (χ0n) is 13.0. The molecule has 0 unspecified atom stereocenters. The second-order valence-corrected chi connectivity index (χ2v) is 5.76. The molecule has 1 aromatic rings. The van der Waals surface area contributed by atoms with Crippen molar-refractivity contribution in [3.05, 3.63) is 11.7 Å². The predicted molar refractivity (Wildman–Crippen MR) is 76.8 cm³/mol. The van der Waals surface area contributed by atoms with Gasteiger partial charge in [-0.2, -0.15) is 4.98 Å². The van der Waals surface area contributed by atoms with Crippen molar-refractivity contribution in [2.45, 2.75) is 26.3 Å². The summed E-state index contributed by atoms with van der Waals surface area (Å²) in [6.07, 6.45) is 0.425. The molecule has 0 atom stereocenters. The third-order valence-corrected chi connectivity index (χ3v) is 4.11. The van der Waals surface area contributed by atoms with E-state index in [4.69, 9.17) is 4.52 Å². The summed E-state index contributed by atoms with van der Waals surface area (Å²) in [5.41, 5.74) is 0. The maximum Gasteiger partial charge on any atom is 0.242 e. The van der Waals surface area contributed by atoms with Gasteiger partial charge in [-0.25, -0.2) is 0 Å². The molecule has 0 radical (unpaired) electrons. The van der Waals surface area contributed by atoms with Crippen LogP contribution in [0.15, 0.2) is 4.52 Å². The first-order valence-electron chi connectivity index (χ1n) is 7.65. The maximum atomic E-state index is 12.2. The molecule has 9 nitrogen and oxygen atoms in total. The van der Waals surface area contributed by atoms with Crippen LogP contribution >= 0.6 is 0 Å². The first-order chi connectivity index (χ1) is 11.0. The lowest BCUT2D eigenvalue weighted by molar-refractivity contribution is -0.146. The lowest BCUT2D eigenvalue weighted by Gasteiger charge is -2.34. The van der Waals surface area contributed by atoms with E-state index in [1.807, 2.05) is 0 Å². The molecule has 9 heteroatoms. The summed E-state index contributed by atoms with van der Waals surface area (Å²) in [5.74, 6) is 0.483. The van der Waals surface area contributed by atoms with Gasteiger partial charge in [-0.3, -0.25) is 24.2 Å². The van der Waals surface area contributed by atoms with Gasteiger partial charge in [0.1, 0.15) is 6.54 Å². The van der Waals surface area contributed by atoms with Crippen molar-refractivity contribution in [3.63, 3.8) is 0 Å². The highest BCUT2D eigenvalue weighted by Gasteiger charge is 2.32. The van der Waals surface area contributed by atoms with Crippen LogP contribution in [-0.2, 0) is 20.9 Å². The van der Waals surface area contributed by atoms with E-state index in [9.17, 15) is 14.4 Å². The van der Waals surface area contributed by atoms with E-state index in [0.29, 0.717) is 44.4 Å². The predicted octanol–water partition coefficient (Wildman–Crippen LogP) is -0.829. The normalized spacial score (nSPS) is 19.7. The minimum atomic E-state index is -0.255. The number of likely N-dealkylation sites (tertiary alicyclic amines) is 1. The van der Waals surface area contributed by atoms with Gasteiger partial charge in [0.05, 0.1) is 6.54 Å². The van der Waals surface area contributed by atoms with Gasteiger partial charge in [0.15, 0.2) is 5.82 Å². The summed E-state index contributed by atoms with van der Waals surface area (Å²) in [7, 11) is 0. The number of rotatable bonds is 4. The molecule has 0 aliphatic carbocycles. The average molecular weight is 321 g/mol. The second kappa shape index (κ2) is 6.45. The van der Waals surface area contributed by atoms with E-state index in [2.05, 4.69) is 15.0 Å². The third kappa shape index (κ3) is 3.55. The molecule has 0 saturated carbocycles. The molecule has 0 aromatic carbocycles. The van der Waals surface area contributed by atoms with Crippen LogP contribution < -0.4 is 0 Å². The fraction of sp³-hybridized carbons (Fsp3) is 0.643. The van der Waals surface area contributed by atoms with E-state index >= 15 is 0 Å². The molecular formula is C14H19N5O4.